The van der Waals surface area contributed by atoms with Crippen molar-refractivity contribution in [1.82, 2.24) is 20.1 Å². The van der Waals surface area contributed by atoms with Crippen LogP contribution in [0.1, 0.15) is 55.5 Å². The Bertz CT molecular complexity index is 1160. The number of carbonyl (C=O) groups excluding carboxylic acids is 2. The third kappa shape index (κ3) is 6.38. The van der Waals surface area contributed by atoms with E-state index in [0.717, 1.165) is 11.4 Å². The number of anilines is 1. The molecule has 2 aliphatic heterocycles. The molecule has 2 aromatic rings. The number of nitrogens with zero attached hydrogens (tertiary/aromatic N) is 4. The standard InChI is InChI=1S/C28H36ClN5O4/c1-28(2,3)31-25(35)20-7-10-24(30-15-20)33-13-11-19(12-14-33)26(36)34-16-22(18-5-8-21(29)9-6-18)23(17-34)32(4)27(37)38/h5-10,15,19,22-23H,11-14,16-17H2,1-4H3,(H,31,35)(H,37,38)/t22-,23+/m0/s1. The van der Waals surface area contributed by atoms with Crippen molar-refractivity contribution in [3.8, 4) is 0 Å². The first-order valence-electron chi connectivity index (χ1n) is 13.0. The lowest BCUT2D eigenvalue weighted by Gasteiger charge is -2.34. The van der Waals surface area contributed by atoms with E-state index in [1.165, 1.54) is 4.90 Å². The van der Waals surface area contributed by atoms with E-state index in [4.69, 9.17) is 11.6 Å². The molecule has 2 aliphatic rings. The van der Waals surface area contributed by atoms with Gasteiger partial charge in [-0.15, -0.1) is 0 Å². The van der Waals surface area contributed by atoms with Crippen molar-refractivity contribution >= 4 is 35.3 Å². The predicted octanol–water partition coefficient (Wildman–Crippen LogP) is 4.08. The zero-order chi connectivity index (χ0) is 27.6. The van der Waals surface area contributed by atoms with E-state index in [9.17, 15) is 19.5 Å². The van der Waals surface area contributed by atoms with Crippen molar-refractivity contribution in [3.05, 3.63) is 58.7 Å². The van der Waals surface area contributed by atoms with Crippen molar-refractivity contribution in [3.63, 3.8) is 0 Å². The molecule has 9 nitrogen and oxygen atoms in total. The molecule has 0 aliphatic carbocycles. The summed E-state index contributed by atoms with van der Waals surface area (Å²) in [7, 11) is 1.56. The van der Waals surface area contributed by atoms with Gasteiger partial charge in [-0.25, -0.2) is 9.78 Å². The molecule has 0 bridgehead atoms. The van der Waals surface area contributed by atoms with Crippen molar-refractivity contribution in [1.29, 1.82) is 0 Å². The Balaban J connectivity index is 1.37. The van der Waals surface area contributed by atoms with Gasteiger partial charge in [0.2, 0.25) is 5.91 Å². The number of nitrogens with one attached hydrogen (secondary N) is 1. The lowest BCUT2D eigenvalue weighted by molar-refractivity contribution is -0.135. The summed E-state index contributed by atoms with van der Waals surface area (Å²) in [6.07, 6.45) is 1.96. The van der Waals surface area contributed by atoms with Crippen LogP contribution in [0.25, 0.3) is 0 Å². The number of pyridine rings is 1. The first kappa shape index (κ1) is 27.7. The minimum Gasteiger partial charge on any atom is -0.465 e. The number of rotatable bonds is 5. The van der Waals surface area contributed by atoms with Crippen LogP contribution in [0.2, 0.25) is 5.02 Å². The zero-order valence-electron chi connectivity index (χ0n) is 22.4. The number of hydrogen-bond acceptors (Lipinski definition) is 5. The van der Waals surface area contributed by atoms with Crippen LogP contribution in [0.5, 0.6) is 0 Å². The molecule has 2 fully saturated rings. The van der Waals surface area contributed by atoms with Gasteiger partial charge in [-0.2, -0.15) is 0 Å². The summed E-state index contributed by atoms with van der Waals surface area (Å²) < 4.78 is 0. The van der Waals surface area contributed by atoms with E-state index in [1.807, 2.05) is 43.9 Å². The predicted molar refractivity (Wildman–Crippen MR) is 147 cm³/mol. The summed E-state index contributed by atoms with van der Waals surface area (Å²) in [5.41, 5.74) is 1.17. The Morgan fingerprint density at radius 3 is 2.26 bits per heavy atom. The SMILES string of the molecule is CN(C(=O)O)[C@@H]1CN(C(=O)C2CCN(c3ccc(C(=O)NC(C)(C)C)cn3)CC2)C[C@H]1c1ccc(Cl)cc1. The molecule has 10 heteroatoms. The molecule has 3 amide bonds. The number of likely N-dealkylation sites (tertiary alicyclic amines) is 1. The van der Waals surface area contributed by atoms with Crippen LogP contribution in [0.3, 0.4) is 0 Å². The minimum atomic E-state index is -1.01. The van der Waals surface area contributed by atoms with Crippen LogP contribution in [-0.2, 0) is 4.79 Å². The maximum atomic E-state index is 13.5. The van der Waals surface area contributed by atoms with Gasteiger partial charge < -0.3 is 25.1 Å². The molecule has 0 unspecified atom stereocenters. The van der Waals surface area contributed by atoms with E-state index < -0.39 is 6.09 Å². The van der Waals surface area contributed by atoms with E-state index in [2.05, 4.69) is 15.2 Å². The smallest absolute Gasteiger partial charge is 0.407 e. The number of piperidine rings is 1. The second-order valence-corrected chi connectivity index (χ2v) is 11.7. The molecule has 2 N–H and O–H groups in total. The molecule has 0 saturated carbocycles. The summed E-state index contributed by atoms with van der Waals surface area (Å²) in [6, 6.07) is 10.7. The van der Waals surface area contributed by atoms with Gasteiger partial charge in [0.25, 0.3) is 5.91 Å². The summed E-state index contributed by atoms with van der Waals surface area (Å²) in [4.78, 5) is 47.4. The van der Waals surface area contributed by atoms with E-state index in [1.54, 1.807) is 31.4 Å². The highest BCUT2D eigenvalue weighted by molar-refractivity contribution is 6.30. The Hall–Kier alpha value is -3.33. The van der Waals surface area contributed by atoms with Crippen LogP contribution in [0, 0.1) is 5.92 Å². The molecule has 1 aromatic carbocycles. The van der Waals surface area contributed by atoms with Gasteiger partial charge in [-0.05, 0) is 63.4 Å². The van der Waals surface area contributed by atoms with Gasteiger partial charge in [0.1, 0.15) is 5.82 Å². The van der Waals surface area contributed by atoms with Crippen molar-refractivity contribution in [2.75, 3.05) is 38.1 Å². The molecular formula is C28H36ClN5O4. The molecule has 38 heavy (non-hydrogen) atoms. The van der Waals surface area contributed by atoms with Crippen LogP contribution in [0.15, 0.2) is 42.6 Å². The van der Waals surface area contributed by atoms with Crippen LogP contribution < -0.4 is 10.2 Å². The maximum Gasteiger partial charge on any atom is 0.407 e. The Morgan fingerprint density at radius 2 is 1.71 bits per heavy atom. The number of amides is 3. The second kappa shape index (κ2) is 11.2. The van der Waals surface area contributed by atoms with Crippen molar-refractivity contribution in [2.45, 2.75) is 51.1 Å². The molecule has 0 radical (unpaired) electrons. The van der Waals surface area contributed by atoms with E-state index >= 15 is 0 Å². The van der Waals surface area contributed by atoms with Gasteiger partial charge in [0.05, 0.1) is 11.6 Å². The highest BCUT2D eigenvalue weighted by atomic mass is 35.5. The largest absolute Gasteiger partial charge is 0.465 e. The fourth-order valence-corrected chi connectivity index (χ4v) is 5.40. The number of halogens is 1. The summed E-state index contributed by atoms with van der Waals surface area (Å²) in [5, 5.41) is 13.2. The Kier molecular flexibility index (Phi) is 8.16. The fraction of sp³-hybridized carbons (Fsp3) is 0.500. The first-order chi connectivity index (χ1) is 17.9. The zero-order valence-corrected chi connectivity index (χ0v) is 23.1. The number of carboxylic acid groups (broad SMARTS) is 1. The van der Waals surface area contributed by atoms with Gasteiger partial charge in [-0.1, -0.05) is 23.7 Å². The van der Waals surface area contributed by atoms with Crippen LogP contribution >= 0.6 is 11.6 Å². The van der Waals surface area contributed by atoms with E-state index in [0.29, 0.717) is 49.6 Å². The number of likely N-dealkylation sites (N-methyl/N-ethyl adjacent to an activating group) is 1. The topological polar surface area (TPSA) is 106 Å². The summed E-state index contributed by atoms with van der Waals surface area (Å²) in [5.74, 6) is 0.469. The molecule has 2 atom stereocenters. The van der Waals surface area contributed by atoms with Gasteiger partial charge in [-0.3, -0.25) is 9.59 Å². The Morgan fingerprint density at radius 1 is 1.05 bits per heavy atom. The van der Waals surface area contributed by atoms with E-state index in [-0.39, 0.29) is 35.2 Å². The van der Waals surface area contributed by atoms with Crippen molar-refractivity contribution in [2.24, 2.45) is 5.92 Å². The Labute approximate surface area is 228 Å². The number of carbonyl (C=O) groups is 3. The van der Waals surface area contributed by atoms with Gasteiger partial charge in [0.15, 0.2) is 0 Å². The minimum absolute atomic E-state index is 0.0760. The maximum absolute atomic E-state index is 13.5. The van der Waals surface area contributed by atoms with Gasteiger partial charge in [0, 0.05) is 61.8 Å². The molecule has 1 aromatic heterocycles. The first-order valence-corrected chi connectivity index (χ1v) is 13.3. The second-order valence-electron chi connectivity index (χ2n) is 11.2. The lowest BCUT2D eigenvalue weighted by Crippen LogP contribution is -2.44. The molecule has 4 rings (SSSR count). The molecule has 3 heterocycles. The fourth-order valence-electron chi connectivity index (χ4n) is 5.27. The molecule has 2 saturated heterocycles. The molecule has 204 valence electrons. The average Bonchev–Trinajstić information content (AvgIpc) is 3.33. The lowest BCUT2D eigenvalue weighted by atomic mass is 9.93. The summed E-state index contributed by atoms with van der Waals surface area (Å²) in [6.45, 7) is 8.01. The number of benzene rings is 1. The summed E-state index contributed by atoms with van der Waals surface area (Å²) >= 11 is 6.05. The molecular weight excluding hydrogens is 506 g/mol. The quantitative estimate of drug-likeness (QED) is 0.591. The number of hydrogen-bond donors (Lipinski definition) is 2. The van der Waals surface area contributed by atoms with Crippen molar-refractivity contribution < 1.29 is 19.5 Å². The third-order valence-electron chi connectivity index (χ3n) is 7.36. The molecule has 0 spiro atoms. The monoisotopic (exact) mass is 541 g/mol. The highest BCUT2D eigenvalue weighted by Crippen LogP contribution is 2.34. The average molecular weight is 542 g/mol. The van der Waals surface area contributed by atoms with Crippen LogP contribution in [-0.4, -0.2) is 82.6 Å². The number of aromatic nitrogens is 1. The highest BCUT2D eigenvalue weighted by Gasteiger charge is 2.42. The normalized spacial score (nSPS) is 20.3. The van der Waals surface area contributed by atoms with Gasteiger partial charge >= 0.3 is 6.09 Å². The van der Waals surface area contributed by atoms with Crippen LogP contribution in [0.4, 0.5) is 10.6 Å². The third-order valence-corrected chi connectivity index (χ3v) is 7.62.